The van der Waals surface area contributed by atoms with Gasteiger partial charge in [-0.1, -0.05) is 242 Å². The van der Waals surface area contributed by atoms with E-state index in [4.69, 9.17) is 0 Å². The topological polar surface area (TPSA) is 69.6 Å². The highest BCUT2D eigenvalue weighted by Gasteiger charge is 2.17. The third kappa shape index (κ3) is 45.2. The summed E-state index contributed by atoms with van der Waals surface area (Å²) in [6.45, 7) is 4.26. The van der Waals surface area contributed by atoms with Gasteiger partial charge in [0, 0.05) is 6.42 Å². The smallest absolute Gasteiger partial charge is 0.220 e. The molecule has 1 amide bonds. The standard InChI is InChI=1S/C54H99NO3/c1-3-5-7-9-11-13-15-16-17-18-19-20-21-22-23-24-25-26-27-28-29-30-31-32-33-34-35-36-37-38-40-42-44-46-48-50-54(58)55-52(51-56)53(57)49-47-45-43-41-39-14-12-10-8-6-4-2/h15-16,18-19,21-22,39,41,47,49,52-53,56-57H,3-14,17,20,23-38,40,42-46,48,50-51H2,1-2H3,(H,55,58)/b16-15-,19-18-,22-21-,41-39+,49-47+. The highest BCUT2D eigenvalue weighted by Crippen LogP contribution is 2.16. The average Bonchev–Trinajstić information content (AvgIpc) is 3.23. The molecule has 2 atom stereocenters. The average molecular weight is 810 g/mol. The van der Waals surface area contributed by atoms with E-state index >= 15 is 0 Å². The molecular formula is C54H99NO3. The molecule has 0 aliphatic rings. The summed E-state index contributed by atoms with van der Waals surface area (Å²) in [5.41, 5.74) is 0. The Hall–Kier alpha value is -1.91. The monoisotopic (exact) mass is 810 g/mol. The second-order valence-electron chi connectivity index (χ2n) is 17.2. The van der Waals surface area contributed by atoms with E-state index in [9.17, 15) is 15.0 Å². The maximum Gasteiger partial charge on any atom is 0.220 e. The zero-order chi connectivity index (χ0) is 42.1. The molecule has 3 N–H and O–H groups in total. The number of rotatable bonds is 46. The van der Waals surface area contributed by atoms with Crippen molar-refractivity contribution in [2.24, 2.45) is 0 Å². The Kier molecular flexibility index (Phi) is 47.8. The molecule has 4 heteroatoms. The molecule has 0 radical (unpaired) electrons. The van der Waals surface area contributed by atoms with Gasteiger partial charge in [0.1, 0.15) is 0 Å². The lowest BCUT2D eigenvalue weighted by atomic mass is 10.0. The van der Waals surface area contributed by atoms with Crippen LogP contribution in [0.5, 0.6) is 0 Å². The first-order valence-corrected chi connectivity index (χ1v) is 25.5. The minimum atomic E-state index is -0.860. The first kappa shape index (κ1) is 56.1. The summed E-state index contributed by atoms with van der Waals surface area (Å²) in [5.74, 6) is -0.0741. The van der Waals surface area contributed by atoms with E-state index in [1.54, 1.807) is 6.08 Å². The molecule has 0 aliphatic carbocycles. The Bertz CT molecular complexity index is 965. The summed E-state index contributed by atoms with van der Waals surface area (Å²) < 4.78 is 0. The third-order valence-corrected chi connectivity index (χ3v) is 11.5. The molecule has 0 heterocycles. The molecule has 338 valence electrons. The zero-order valence-electron chi connectivity index (χ0n) is 38.8. The summed E-state index contributed by atoms with van der Waals surface area (Å²) in [5, 5.41) is 22.9. The fraction of sp³-hybridized carbons (Fsp3) is 0.796. The van der Waals surface area contributed by atoms with Gasteiger partial charge >= 0.3 is 0 Å². The summed E-state index contributed by atoms with van der Waals surface area (Å²) in [4.78, 5) is 12.4. The van der Waals surface area contributed by atoms with Gasteiger partial charge in [-0.3, -0.25) is 4.79 Å². The molecule has 0 fully saturated rings. The van der Waals surface area contributed by atoms with E-state index in [2.05, 4.69) is 67.8 Å². The molecule has 4 nitrogen and oxygen atoms in total. The van der Waals surface area contributed by atoms with Crippen LogP contribution in [0.2, 0.25) is 0 Å². The number of nitrogens with one attached hydrogen (secondary N) is 1. The van der Waals surface area contributed by atoms with E-state index in [0.717, 1.165) is 44.9 Å². The summed E-state index contributed by atoms with van der Waals surface area (Å²) in [7, 11) is 0. The van der Waals surface area contributed by atoms with Crippen molar-refractivity contribution in [1.82, 2.24) is 5.32 Å². The molecule has 0 aromatic heterocycles. The zero-order valence-corrected chi connectivity index (χ0v) is 38.8. The fourth-order valence-corrected chi connectivity index (χ4v) is 7.55. The Morgan fingerprint density at radius 3 is 1.12 bits per heavy atom. The number of aliphatic hydroxyl groups is 2. The number of unbranched alkanes of at least 4 members (excludes halogenated alkanes) is 31. The molecule has 0 rings (SSSR count). The Balaban J connectivity index is 3.44. The van der Waals surface area contributed by atoms with Gasteiger partial charge in [-0.15, -0.1) is 0 Å². The second kappa shape index (κ2) is 49.5. The quantitative estimate of drug-likeness (QED) is 0.0424. The maximum atomic E-state index is 12.4. The molecule has 0 aliphatic heterocycles. The predicted molar refractivity (Wildman–Crippen MR) is 258 cm³/mol. The molecule has 0 saturated heterocycles. The summed E-state index contributed by atoms with van der Waals surface area (Å²) >= 11 is 0. The van der Waals surface area contributed by atoms with Crippen LogP contribution in [0.4, 0.5) is 0 Å². The molecule has 0 bridgehead atoms. The van der Waals surface area contributed by atoms with Crippen LogP contribution < -0.4 is 5.32 Å². The lowest BCUT2D eigenvalue weighted by Crippen LogP contribution is -2.45. The number of hydrogen-bond donors (Lipinski definition) is 3. The van der Waals surface area contributed by atoms with Crippen LogP contribution in [0.25, 0.3) is 0 Å². The van der Waals surface area contributed by atoms with Crippen LogP contribution in [0, 0.1) is 0 Å². The van der Waals surface area contributed by atoms with Crippen LogP contribution in [0.1, 0.15) is 258 Å². The van der Waals surface area contributed by atoms with Crippen molar-refractivity contribution in [3.63, 3.8) is 0 Å². The van der Waals surface area contributed by atoms with Gasteiger partial charge in [-0.05, 0) is 70.6 Å². The number of carbonyl (C=O) groups excluding carboxylic acids is 1. The van der Waals surface area contributed by atoms with E-state index in [1.807, 2.05) is 6.08 Å². The fourth-order valence-electron chi connectivity index (χ4n) is 7.55. The minimum Gasteiger partial charge on any atom is -0.394 e. The van der Waals surface area contributed by atoms with Crippen LogP contribution in [0.3, 0.4) is 0 Å². The first-order valence-electron chi connectivity index (χ1n) is 25.5. The highest BCUT2D eigenvalue weighted by atomic mass is 16.3. The molecule has 58 heavy (non-hydrogen) atoms. The SMILES string of the molecule is CCCCCCC/C=C\C/C=C\C/C=C\CCCCCCCCCCCCCCCCCCCCCCC(=O)NC(CO)C(O)/C=C/CC/C=C/CCCCCCC. The first-order chi connectivity index (χ1) is 28.7. The Morgan fingerprint density at radius 2 is 0.724 bits per heavy atom. The van der Waals surface area contributed by atoms with Gasteiger partial charge in [0.05, 0.1) is 18.8 Å². The van der Waals surface area contributed by atoms with Gasteiger partial charge < -0.3 is 15.5 Å². The van der Waals surface area contributed by atoms with Crippen molar-refractivity contribution in [1.29, 1.82) is 0 Å². The largest absolute Gasteiger partial charge is 0.394 e. The normalized spacial score (nSPS) is 13.4. The van der Waals surface area contributed by atoms with E-state index in [-0.39, 0.29) is 12.5 Å². The molecule has 0 aromatic carbocycles. The van der Waals surface area contributed by atoms with Gasteiger partial charge in [-0.2, -0.15) is 0 Å². The highest BCUT2D eigenvalue weighted by molar-refractivity contribution is 5.76. The van der Waals surface area contributed by atoms with Gasteiger partial charge in [0.25, 0.3) is 0 Å². The Labute approximate surface area is 362 Å². The molecular weight excluding hydrogens is 711 g/mol. The van der Waals surface area contributed by atoms with Gasteiger partial charge in [0.15, 0.2) is 0 Å². The predicted octanol–water partition coefficient (Wildman–Crippen LogP) is 16.5. The summed E-state index contributed by atoms with van der Waals surface area (Å²) in [6, 6.07) is -0.637. The van der Waals surface area contributed by atoms with Crippen LogP contribution in [0.15, 0.2) is 60.8 Å². The maximum absolute atomic E-state index is 12.4. The van der Waals surface area contributed by atoms with Crippen molar-refractivity contribution in [3.8, 4) is 0 Å². The van der Waals surface area contributed by atoms with Crippen molar-refractivity contribution < 1.29 is 15.0 Å². The van der Waals surface area contributed by atoms with E-state index in [0.29, 0.717) is 6.42 Å². The second-order valence-corrected chi connectivity index (χ2v) is 17.2. The van der Waals surface area contributed by atoms with Crippen molar-refractivity contribution in [2.45, 2.75) is 270 Å². The van der Waals surface area contributed by atoms with Crippen molar-refractivity contribution >= 4 is 5.91 Å². The van der Waals surface area contributed by atoms with Crippen LogP contribution in [-0.2, 0) is 4.79 Å². The number of hydrogen-bond acceptors (Lipinski definition) is 3. The van der Waals surface area contributed by atoms with Gasteiger partial charge in [-0.25, -0.2) is 0 Å². The van der Waals surface area contributed by atoms with Crippen LogP contribution >= 0.6 is 0 Å². The molecule has 0 saturated carbocycles. The Morgan fingerprint density at radius 1 is 0.414 bits per heavy atom. The van der Waals surface area contributed by atoms with E-state index in [1.165, 1.54) is 193 Å². The number of carbonyl (C=O) groups is 1. The lowest BCUT2D eigenvalue weighted by Gasteiger charge is -2.19. The third-order valence-electron chi connectivity index (χ3n) is 11.5. The molecule has 0 aromatic rings. The lowest BCUT2D eigenvalue weighted by molar-refractivity contribution is -0.123. The number of amides is 1. The van der Waals surface area contributed by atoms with Gasteiger partial charge in [0.2, 0.25) is 5.91 Å². The van der Waals surface area contributed by atoms with E-state index < -0.39 is 12.1 Å². The summed E-state index contributed by atoms with van der Waals surface area (Å²) in [6.07, 6.45) is 69.5. The number of aliphatic hydroxyl groups excluding tert-OH is 2. The van der Waals surface area contributed by atoms with Crippen molar-refractivity contribution in [2.75, 3.05) is 6.61 Å². The van der Waals surface area contributed by atoms with Crippen molar-refractivity contribution in [3.05, 3.63) is 60.8 Å². The van der Waals surface area contributed by atoms with Crippen LogP contribution in [-0.4, -0.2) is 34.9 Å². The number of allylic oxidation sites excluding steroid dienone is 9. The molecule has 2 unspecified atom stereocenters. The minimum absolute atomic E-state index is 0.0741. The molecule has 0 spiro atoms.